The number of aromatic nitrogens is 1. The monoisotopic (exact) mass is 467 g/mol. The molecule has 0 saturated carbocycles. The topological polar surface area (TPSA) is 104 Å². The second-order valence-corrected chi connectivity index (χ2v) is 8.62. The van der Waals surface area contributed by atoms with E-state index in [0.29, 0.717) is 30.6 Å². The minimum absolute atomic E-state index is 0.000664. The molecule has 182 valence electrons. The number of carbonyl (C=O) groups excluding carboxylic acids is 2. The molecule has 2 aliphatic heterocycles. The van der Waals surface area contributed by atoms with Crippen molar-refractivity contribution in [3.05, 3.63) is 51.8 Å². The minimum atomic E-state index is -0.348. The summed E-state index contributed by atoms with van der Waals surface area (Å²) in [6, 6.07) is 5.67. The summed E-state index contributed by atoms with van der Waals surface area (Å²) in [5, 5.41) is 12.4. The summed E-state index contributed by atoms with van der Waals surface area (Å²) in [5.41, 5.74) is 5.90. The predicted molar refractivity (Wildman–Crippen MR) is 131 cm³/mol. The van der Waals surface area contributed by atoms with Gasteiger partial charge in [-0.25, -0.2) is 4.79 Å². The van der Waals surface area contributed by atoms with Crippen LogP contribution >= 0.6 is 0 Å². The lowest BCUT2D eigenvalue weighted by molar-refractivity contribution is -0.110. The average molecular weight is 468 g/mol. The number of amides is 1. The second-order valence-electron chi connectivity index (χ2n) is 8.62. The van der Waals surface area contributed by atoms with Crippen molar-refractivity contribution in [2.24, 2.45) is 0 Å². The van der Waals surface area contributed by atoms with Gasteiger partial charge >= 0.3 is 5.97 Å². The largest absolute Gasteiger partial charge is 0.462 e. The maximum absolute atomic E-state index is 12.9. The van der Waals surface area contributed by atoms with Gasteiger partial charge in [0.2, 0.25) is 0 Å². The van der Waals surface area contributed by atoms with Crippen molar-refractivity contribution in [2.75, 3.05) is 51.4 Å². The van der Waals surface area contributed by atoms with Crippen LogP contribution in [0, 0.1) is 6.92 Å². The van der Waals surface area contributed by atoms with E-state index < -0.39 is 0 Å². The number of benzene rings is 1. The Labute approximate surface area is 199 Å². The van der Waals surface area contributed by atoms with Crippen LogP contribution < -0.4 is 5.32 Å². The van der Waals surface area contributed by atoms with E-state index in [-0.39, 0.29) is 18.5 Å². The van der Waals surface area contributed by atoms with Gasteiger partial charge in [-0.3, -0.25) is 9.69 Å². The molecule has 0 bridgehead atoms. The van der Waals surface area contributed by atoms with Crippen molar-refractivity contribution in [1.82, 2.24) is 9.88 Å². The van der Waals surface area contributed by atoms with E-state index in [9.17, 15) is 14.7 Å². The number of fused-ring (bicyclic) bond motifs is 1. The van der Waals surface area contributed by atoms with E-state index >= 15 is 0 Å². The Hall–Kier alpha value is -2.94. The Morgan fingerprint density at radius 1 is 1.26 bits per heavy atom. The van der Waals surface area contributed by atoms with Gasteiger partial charge in [-0.2, -0.15) is 0 Å². The molecule has 2 aliphatic rings. The van der Waals surface area contributed by atoms with Gasteiger partial charge in [-0.05, 0) is 62.9 Å². The highest BCUT2D eigenvalue weighted by Gasteiger charge is 2.28. The standard InChI is InChI=1S/C26H33N3O5/c1-3-34-26(32)23-17(2)27-22(19(23)7-5-10-29-11-14-33-15-12-29)16-20-24-18(9-13-30)6-4-8-21(24)28-25(20)31/h4,6,8,16,27,30H,3,5,7,9-15H2,1-2H3,(H,28,31)/b20-16-. The first kappa shape index (κ1) is 24.2. The van der Waals surface area contributed by atoms with Crippen LogP contribution in [0.5, 0.6) is 0 Å². The molecule has 8 heteroatoms. The average Bonchev–Trinajstić information content (AvgIpc) is 3.31. The van der Waals surface area contributed by atoms with Crippen LogP contribution in [0.15, 0.2) is 18.2 Å². The molecule has 0 unspecified atom stereocenters. The smallest absolute Gasteiger partial charge is 0.340 e. The summed E-state index contributed by atoms with van der Waals surface area (Å²) in [5.74, 6) is -0.538. The summed E-state index contributed by atoms with van der Waals surface area (Å²) < 4.78 is 10.8. The molecule has 2 aromatic rings. The molecule has 0 spiro atoms. The number of nitrogens with one attached hydrogen (secondary N) is 2. The molecule has 1 aromatic heterocycles. The van der Waals surface area contributed by atoms with Gasteiger partial charge in [0.15, 0.2) is 0 Å². The van der Waals surface area contributed by atoms with Gasteiger partial charge in [0.05, 0.1) is 31.0 Å². The fraction of sp³-hybridized carbons (Fsp3) is 0.462. The van der Waals surface area contributed by atoms with E-state index in [1.165, 1.54) is 0 Å². The Morgan fingerprint density at radius 3 is 2.79 bits per heavy atom. The first-order valence-electron chi connectivity index (χ1n) is 12.0. The first-order chi connectivity index (χ1) is 16.5. The molecule has 34 heavy (non-hydrogen) atoms. The van der Waals surface area contributed by atoms with Gasteiger partial charge in [-0.15, -0.1) is 0 Å². The van der Waals surface area contributed by atoms with Crippen LogP contribution in [0.2, 0.25) is 0 Å². The second kappa shape index (κ2) is 11.0. The van der Waals surface area contributed by atoms with Crippen LogP contribution in [0.25, 0.3) is 11.6 Å². The van der Waals surface area contributed by atoms with Gasteiger partial charge in [0.25, 0.3) is 5.91 Å². The van der Waals surface area contributed by atoms with Crippen molar-refractivity contribution in [3.8, 4) is 0 Å². The number of H-pyrrole nitrogens is 1. The van der Waals surface area contributed by atoms with Crippen LogP contribution in [0.3, 0.4) is 0 Å². The molecule has 0 atom stereocenters. The first-order valence-corrected chi connectivity index (χ1v) is 12.0. The summed E-state index contributed by atoms with van der Waals surface area (Å²) in [6.07, 6.45) is 3.85. The molecule has 3 N–H and O–H groups in total. The molecule has 1 aromatic carbocycles. The molecular weight excluding hydrogens is 434 g/mol. The molecule has 4 rings (SSSR count). The lowest BCUT2D eigenvalue weighted by atomic mass is 9.96. The Kier molecular flexibility index (Phi) is 7.82. The SMILES string of the molecule is CCOC(=O)c1c(C)[nH]c(/C=C2\C(=O)Nc3cccc(CCO)c32)c1CCCN1CCOCC1. The Balaban J connectivity index is 1.69. The zero-order chi connectivity index (χ0) is 24.1. The van der Waals surface area contributed by atoms with E-state index in [0.717, 1.165) is 73.0 Å². The number of esters is 1. The normalized spacial score (nSPS) is 17.1. The molecule has 1 saturated heterocycles. The number of morpholine rings is 1. The number of aliphatic hydroxyl groups is 1. The van der Waals surface area contributed by atoms with Gasteiger partial charge in [0.1, 0.15) is 0 Å². The van der Waals surface area contributed by atoms with E-state index in [4.69, 9.17) is 9.47 Å². The summed E-state index contributed by atoms with van der Waals surface area (Å²) in [4.78, 5) is 31.4. The van der Waals surface area contributed by atoms with Gasteiger partial charge in [0, 0.05) is 42.3 Å². The number of ether oxygens (including phenoxy) is 2. The maximum Gasteiger partial charge on any atom is 0.340 e. The predicted octanol–water partition coefficient (Wildman–Crippen LogP) is 2.79. The lowest BCUT2D eigenvalue weighted by Gasteiger charge is -2.26. The minimum Gasteiger partial charge on any atom is -0.462 e. The zero-order valence-electron chi connectivity index (χ0n) is 19.9. The molecular formula is C26H33N3O5. The van der Waals surface area contributed by atoms with Crippen LogP contribution in [0.4, 0.5) is 5.69 Å². The number of rotatable bonds is 9. The highest BCUT2D eigenvalue weighted by Crippen LogP contribution is 2.37. The fourth-order valence-corrected chi connectivity index (χ4v) is 4.80. The van der Waals surface area contributed by atoms with E-state index in [1.54, 1.807) is 6.92 Å². The number of aliphatic hydroxyl groups excluding tert-OH is 1. The quantitative estimate of drug-likeness (QED) is 0.387. The summed E-state index contributed by atoms with van der Waals surface area (Å²) >= 11 is 0. The van der Waals surface area contributed by atoms with E-state index in [1.807, 2.05) is 31.2 Å². The number of hydrogen-bond donors (Lipinski definition) is 3. The molecule has 8 nitrogen and oxygen atoms in total. The van der Waals surface area contributed by atoms with Crippen LogP contribution in [0.1, 0.15) is 51.8 Å². The molecule has 1 amide bonds. The number of hydrogen-bond acceptors (Lipinski definition) is 6. The molecule has 0 aliphatic carbocycles. The van der Waals surface area contributed by atoms with Gasteiger partial charge < -0.3 is 24.9 Å². The third-order valence-electron chi connectivity index (χ3n) is 6.39. The summed E-state index contributed by atoms with van der Waals surface area (Å²) in [7, 11) is 0. The number of aromatic amines is 1. The summed E-state index contributed by atoms with van der Waals surface area (Å²) in [6.45, 7) is 8.20. The highest BCUT2D eigenvalue weighted by molar-refractivity contribution is 6.35. The molecule has 0 radical (unpaired) electrons. The number of nitrogens with zero attached hydrogens (tertiary/aromatic N) is 1. The van der Waals surface area contributed by atoms with Crippen molar-refractivity contribution < 1.29 is 24.2 Å². The Morgan fingerprint density at radius 2 is 2.06 bits per heavy atom. The number of carbonyl (C=O) groups is 2. The van der Waals surface area contributed by atoms with Gasteiger partial charge in [-0.1, -0.05) is 12.1 Å². The van der Waals surface area contributed by atoms with Crippen molar-refractivity contribution in [1.29, 1.82) is 0 Å². The van der Waals surface area contributed by atoms with Crippen molar-refractivity contribution >= 4 is 29.2 Å². The number of anilines is 1. The van der Waals surface area contributed by atoms with Crippen LogP contribution in [-0.2, 0) is 27.1 Å². The molecule has 1 fully saturated rings. The third-order valence-corrected chi connectivity index (χ3v) is 6.39. The van der Waals surface area contributed by atoms with Crippen LogP contribution in [-0.4, -0.2) is 72.9 Å². The lowest BCUT2D eigenvalue weighted by Crippen LogP contribution is -2.37. The molecule has 3 heterocycles. The van der Waals surface area contributed by atoms with Crippen molar-refractivity contribution in [3.63, 3.8) is 0 Å². The number of aryl methyl sites for hydroxylation is 1. The zero-order valence-corrected chi connectivity index (χ0v) is 19.9. The van der Waals surface area contributed by atoms with E-state index in [2.05, 4.69) is 15.2 Å². The Bertz CT molecular complexity index is 1080. The third kappa shape index (κ3) is 5.09. The van der Waals surface area contributed by atoms with Crippen molar-refractivity contribution in [2.45, 2.75) is 33.1 Å². The fourth-order valence-electron chi connectivity index (χ4n) is 4.80. The highest BCUT2D eigenvalue weighted by atomic mass is 16.5. The maximum atomic E-state index is 12.9.